The van der Waals surface area contributed by atoms with Crippen LogP contribution in [-0.2, 0) is 4.79 Å². The molecule has 0 aliphatic carbocycles. The minimum atomic E-state index is 0.225. The molecular weight excluding hydrogens is 182 g/mol. The van der Waals surface area contributed by atoms with Gasteiger partial charge in [-0.3, -0.25) is 9.69 Å². The molecule has 3 heteroatoms. The molecule has 2 rings (SSSR count). The number of hydrogen-bond acceptors (Lipinski definition) is 3. The van der Waals surface area contributed by atoms with Crippen molar-refractivity contribution in [1.29, 1.82) is 0 Å². The summed E-state index contributed by atoms with van der Waals surface area (Å²) in [5, 5.41) is 0.609. The lowest BCUT2D eigenvalue weighted by Crippen LogP contribution is -2.39. The second-order valence-electron chi connectivity index (χ2n) is 4.03. The Kier molecular flexibility index (Phi) is 2.65. The summed E-state index contributed by atoms with van der Waals surface area (Å²) in [6.07, 6.45) is 1.32. The van der Waals surface area contributed by atoms with Crippen LogP contribution in [0.2, 0.25) is 0 Å². The summed E-state index contributed by atoms with van der Waals surface area (Å²) < 4.78 is 0. The molecule has 3 unspecified atom stereocenters. The smallest absolute Gasteiger partial charge is 0.148 e. The SMILES string of the molecule is CCN1CC2CCSC2C1C(C)=O. The van der Waals surface area contributed by atoms with Crippen molar-refractivity contribution in [2.24, 2.45) is 5.92 Å². The molecule has 13 heavy (non-hydrogen) atoms. The Morgan fingerprint density at radius 1 is 1.62 bits per heavy atom. The van der Waals surface area contributed by atoms with Gasteiger partial charge >= 0.3 is 0 Å². The van der Waals surface area contributed by atoms with E-state index < -0.39 is 0 Å². The van der Waals surface area contributed by atoms with Crippen LogP contribution in [0.5, 0.6) is 0 Å². The lowest BCUT2D eigenvalue weighted by molar-refractivity contribution is -0.120. The molecule has 2 fully saturated rings. The molecule has 2 heterocycles. The Labute approximate surface area is 84.1 Å². The zero-order valence-corrected chi connectivity index (χ0v) is 9.14. The summed E-state index contributed by atoms with van der Waals surface area (Å²) in [7, 11) is 0. The summed E-state index contributed by atoms with van der Waals surface area (Å²) in [6, 6.07) is 0.225. The molecule has 2 aliphatic heterocycles. The van der Waals surface area contributed by atoms with Crippen LogP contribution < -0.4 is 0 Å². The second-order valence-corrected chi connectivity index (χ2v) is 5.31. The maximum Gasteiger partial charge on any atom is 0.148 e. The van der Waals surface area contributed by atoms with E-state index in [2.05, 4.69) is 11.8 Å². The average Bonchev–Trinajstić information content (AvgIpc) is 2.59. The third-order valence-corrected chi connectivity index (χ3v) is 4.76. The molecule has 0 aromatic rings. The highest BCUT2D eigenvalue weighted by Gasteiger charge is 2.45. The lowest BCUT2D eigenvalue weighted by Gasteiger charge is -2.23. The van der Waals surface area contributed by atoms with Gasteiger partial charge in [0.25, 0.3) is 0 Å². The standard InChI is InChI=1S/C10H17NOS/c1-3-11-6-8-4-5-13-10(8)9(11)7(2)12/h8-10H,3-6H2,1-2H3. The van der Waals surface area contributed by atoms with Gasteiger partial charge in [-0.15, -0.1) is 0 Å². The van der Waals surface area contributed by atoms with E-state index in [4.69, 9.17) is 0 Å². The summed E-state index contributed by atoms with van der Waals surface area (Å²) in [6.45, 7) is 6.08. The van der Waals surface area contributed by atoms with Gasteiger partial charge in [0.2, 0.25) is 0 Å². The zero-order chi connectivity index (χ0) is 9.42. The molecule has 3 atom stereocenters. The van der Waals surface area contributed by atoms with E-state index in [-0.39, 0.29) is 6.04 Å². The fourth-order valence-corrected chi connectivity index (χ4v) is 4.39. The van der Waals surface area contributed by atoms with Gasteiger partial charge in [0.05, 0.1) is 6.04 Å². The van der Waals surface area contributed by atoms with Gasteiger partial charge in [-0.05, 0) is 31.6 Å². The fourth-order valence-electron chi connectivity index (χ4n) is 2.64. The Morgan fingerprint density at radius 2 is 2.38 bits per heavy atom. The van der Waals surface area contributed by atoms with Gasteiger partial charge in [0.1, 0.15) is 5.78 Å². The van der Waals surface area contributed by atoms with Crippen LogP contribution in [0, 0.1) is 5.92 Å². The van der Waals surface area contributed by atoms with Crippen LogP contribution in [0.4, 0.5) is 0 Å². The summed E-state index contributed by atoms with van der Waals surface area (Å²) in [5.41, 5.74) is 0. The highest BCUT2D eigenvalue weighted by molar-refractivity contribution is 8.00. The predicted molar refractivity (Wildman–Crippen MR) is 56.1 cm³/mol. The number of likely N-dealkylation sites (tertiary alicyclic amines) is 1. The van der Waals surface area contributed by atoms with E-state index in [1.54, 1.807) is 6.92 Å². The molecule has 0 spiro atoms. The van der Waals surface area contributed by atoms with Crippen LogP contribution in [0.3, 0.4) is 0 Å². The maximum absolute atomic E-state index is 11.5. The lowest BCUT2D eigenvalue weighted by atomic mass is 10.0. The van der Waals surface area contributed by atoms with Crippen molar-refractivity contribution in [3.05, 3.63) is 0 Å². The number of likely N-dealkylation sites (N-methyl/N-ethyl adjacent to an activating group) is 1. The Bertz CT molecular complexity index is 219. The molecule has 0 saturated carbocycles. The van der Waals surface area contributed by atoms with Crippen molar-refractivity contribution >= 4 is 17.5 Å². The number of rotatable bonds is 2. The molecule has 0 aromatic carbocycles. The molecular formula is C10H17NOS. The number of hydrogen-bond donors (Lipinski definition) is 0. The Balaban J connectivity index is 2.14. The van der Waals surface area contributed by atoms with Gasteiger partial charge in [-0.2, -0.15) is 11.8 Å². The largest absolute Gasteiger partial charge is 0.298 e. The molecule has 0 amide bonds. The van der Waals surface area contributed by atoms with E-state index in [0.717, 1.165) is 19.0 Å². The third kappa shape index (κ3) is 1.52. The summed E-state index contributed by atoms with van der Waals surface area (Å²) in [5.74, 6) is 2.42. The van der Waals surface area contributed by atoms with Gasteiger partial charge in [-0.25, -0.2) is 0 Å². The van der Waals surface area contributed by atoms with Crippen molar-refractivity contribution in [3.63, 3.8) is 0 Å². The number of Topliss-reactive ketones (excluding diaryl/α,β-unsaturated/α-hetero) is 1. The van der Waals surface area contributed by atoms with Crippen molar-refractivity contribution in [1.82, 2.24) is 4.90 Å². The topological polar surface area (TPSA) is 20.3 Å². The number of thioether (sulfide) groups is 1. The number of carbonyl (C=O) groups is 1. The number of ketones is 1. The average molecular weight is 199 g/mol. The first-order chi connectivity index (χ1) is 6.24. The molecule has 0 radical (unpaired) electrons. The number of carbonyl (C=O) groups excluding carboxylic acids is 1. The van der Waals surface area contributed by atoms with Crippen LogP contribution >= 0.6 is 11.8 Å². The van der Waals surface area contributed by atoms with E-state index in [9.17, 15) is 4.79 Å². The van der Waals surface area contributed by atoms with Crippen molar-refractivity contribution in [3.8, 4) is 0 Å². The molecule has 2 aliphatic rings. The minimum Gasteiger partial charge on any atom is -0.298 e. The molecule has 0 aromatic heterocycles. The number of fused-ring (bicyclic) bond motifs is 1. The van der Waals surface area contributed by atoms with E-state index >= 15 is 0 Å². The predicted octanol–water partition coefficient (Wildman–Crippen LogP) is 1.40. The van der Waals surface area contributed by atoms with Gasteiger partial charge in [0, 0.05) is 11.8 Å². The molecule has 2 nitrogen and oxygen atoms in total. The fraction of sp³-hybridized carbons (Fsp3) is 0.900. The van der Waals surface area contributed by atoms with Crippen molar-refractivity contribution in [2.45, 2.75) is 31.6 Å². The summed E-state index contributed by atoms with van der Waals surface area (Å²) >= 11 is 2.01. The van der Waals surface area contributed by atoms with Gasteiger partial charge < -0.3 is 0 Å². The molecule has 0 bridgehead atoms. The van der Waals surface area contributed by atoms with E-state index in [1.807, 2.05) is 11.8 Å². The highest BCUT2D eigenvalue weighted by atomic mass is 32.2. The monoisotopic (exact) mass is 199 g/mol. The van der Waals surface area contributed by atoms with Crippen molar-refractivity contribution in [2.75, 3.05) is 18.8 Å². The third-order valence-electron chi connectivity index (χ3n) is 3.26. The van der Waals surface area contributed by atoms with Crippen LogP contribution in [0.25, 0.3) is 0 Å². The zero-order valence-electron chi connectivity index (χ0n) is 8.32. The second kappa shape index (κ2) is 3.62. The number of nitrogens with zero attached hydrogens (tertiary/aromatic N) is 1. The van der Waals surface area contributed by atoms with Gasteiger partial charge in [0.15, 0.2) is 0 Å². The Hall–Kier alpha value is -0.0200. The van der Waals surface area contributed by atoms with E-state index in [1.165, 1.54) is 12.2 Å². The van der Waals surface area contributed by atoms with Gasteiger partial charge in [-0.1, -0.05) is 6.92 Å². The van der Waals surface area contributed by atoms with Crippen LogP contribution in [0.15, 0.2) is 0 Å². The maximum atomic E-state index is 11.5. The van der Waals surface area contributed by atoms with Crippen LogP contribution in [-0.4, -0.2) is 40.8 Å². The quantitative estimate of drug-likeness (QED) is 0.670. The van der Waals surface area contributed by atoms with Crippen LogP contribution in [0.1, 0.15) is 20.3 Å². The first-order valence-electron chi connectivity index (χ1n) is 5.10. The molecule has 0 N–H and O–H groups in total. The van der Waals surface area contributed by atoms with Crippen molar-refractivity contribution < 1.29 is 4.79 Å². The highest BCUT2D eigenvalue weighted by Crippen LogP contribution is 2.41. The first kappa shape index (κ1) is 9.53. The molecule has 74 valence electrons. The van der Waals surface area contributed by atoms with E-state index in [0.29, 0.717) is 11.0 Å². The molecule has 2 saturated heterocycles. The summed E-state index contributed by atoms with van der Waals surface area (Å²) in [4.78, 5) is 13.9. The Morgan fingerprint density at radius 3 is 3.00 bits per heavy atom. The normalized spacial score (nSPS) is 39.4. The first-order valence-corrected chi connectivity index (χ1v) is 6.15. The minimum absolute atomic E-state index is 0.225.